The lowest BCUT2D eigenvalue weighted by atomic mass is 10.0. The van der Waals surface area contributed by atoms with Gasteiger partial charge in [0.25, 0.3) is 0 Å². The fourth-order valence-corrected chi connectivity index (χ4v) is 2.22. The topological polar surface area (TPSA) is 50.5 Å². The molecule has 4 nitrogen and oxygen atoms in total. The van der Waals surface area contributed by atoms with Gasteiger partial charge in [-0.3, -0.25) is 0 Å². The van der Waals surface area contributed by atoms with E-state index in [2.05, 4.69) is 42.5 Å². The number of nitrogens with one attached hydrogen (secondary N) is 1. The summed E-state index contributed by atoms with van der Waals surface area (Å²) in [6, 6.07) is 6.64. The van der Waals surface area contributed by atoms with Gasteiger partial charge in [0, 0.05) is 32.1 Å². The molecule has 0 bridgehead atoms. The van der Waals surface area contributed by atoms with E-state index in [0.717, 1.165) is 31.9 Å². The van der Waals surface area contributed by atoms with Crippen LogP contribution in [0, 0.1) is 0 Å². The molecular weight excluding hydrogens is 226 g/mol. The number of rotatable bonds is 6. The van der Waals surface area contributed by atoms with E-state index < -0.39 is 0 Å². The van der Waals surface area contributed by atoms with Crippen molar-refractivity contribution < 1.29 is 4.74 Å². The van der Waals surface area contributed by atoms with Crippen molar-refractivity contribution in [3.8, 4) is 5.75 Å². The summed E-state index contributed by atoms with van der Waals surface area (Å²) in [5, 5.41) is 3.50. The van der Waals surface area contributed by atoms with E-state index >= 15 is 0 Å². The third-order valence-corrected chi connectivity index (χ3v) is 3.30. The van der Waals surface area contributed by atoms with Gasteiger partial charge in [0.15, 0.2) is 0 Å². The first-order valence-corrected chi connectivity index (χ1v) is 6.54. The van der Waals surface area contributed by atoms with Gasteiger partial charge in [-0.2, -0.15) is 0 Å². The Labute approximate surface area is 109 Å². The minimum atomic E-state index is 0.232. The Kier molecular flexibility index (Phi) is 4.58. The minimum Gasteiger partial charge on any atom is -0.493 e. The summed E-state index contributed by atoms with van der Waals surface area (Å²) in [4.78, 5) is 2.16. The lowest BCUT2D eigenvalue weighted by Gasteiger charge is -2.19. The Morgan fingerprint density at radius 2 is 2.28 bits per heavy atom. The summed E-state index contributed by atoms with van der Waals surface area (Å²) < 4.78 is 5.52. The SMILES string of the molecule is CN(C)CCNC(CN)c1ccc2c(c1)CCO2. The molecule has 1 aromatic rings. The first-order valence-electron chi connectivity index (χ1n) is 6.54. The van der Waals surface area contributed by atoms with Crippen LogP contribution in [0.15, 0.2) is 18.2 Å². The van der Waals surface area contributed by atoms with E-state index in [-0.39, 0.29) is 6.04 Å². The minimum absolute atomic E-state index is 0.232. The highest BCUT2D eigenvalue weighted by molar-refractivity contribution is 5.40. The molecule has 0 saturated carbocycles. The molecule has 1 aromatic carbocycles. The molecule has 2 rings (SSSR count). The van der Waals surface area contributed by atoms with Gasteiger partial charge in [-0.05, 0) is 31.3 Å². The van der Waals surface area contributed by atoms with Crippen molar-refractivity contribution >= 4 is 0 Å². The number of ether oxygens (including phenoxy) is 1. The van der Waals surface area contributed by atoms with Crippen LogP contribution in [0.2, 0.25) is 0 Å². The summed E-state index contributed by atoms with van der Waals surface area (Å²) in [6.07, 6.45) is 1.01. The number of nitrogens with two attached hydrogens (primary N) is 1. The largest absolute Gasteiger partial charge is 0.493 e. The van der Waals surface area contributed by atoms with Gasteiger partial charge in [-0.25, -0.2) is 0 Å². The van der Waals surface area contributed by atoms with Gasteiger partial charge in [-0.1, -0.05) is 12.1 Å². The van der Waals surface area contributed by atoms with Gasteiger partial charge >= 0.3 is 0 Å². The molecule has 0 saturated heterocycles. The monoisotopic (exact) mass is 249 g/mol. The van der Waals surface area contributed by atoms with E-state index in [1.807, 2.05) is 0 Å². The molecule has 100 valence electrons. The van der Waals surface area contributed by atoms with Crippen molar-refractivity contribution in [2.24, 2.45) is 5.73 Å². The number of nitrogens with zero attached hydrogens (tertiary/aromatic N) is 1. The highest BCUT2D eigenvalue weighted by Crippen LogP contribution is 2.27. The maximum Gasteiger partial charge on any atom is 0.122 e. The van der Waals surface area contributed by atoms with Crippen LogP contribution < -0.4 is 15.8 Å². The van der Waals surface area contributed by atoms with Gasteiger partial charge in [0.2, 0.25) is 0 Å². The molecule has 0 aliphatic carbocycles. The summed E-state index contributed by atoms with van der Waals surface area (Å²) in [5.74, 6) is 1.03. The van der Waals surface area contributed by atoms with Crippen molar-refractivity contribution in [1.29, 1.82) is 0 Å². The Hall–Kier alpha value is -1.10. The molecule has 1 aliphatic rings. The maximum absolute atomic E-state index is 5.86. The molecular formula is C14H23N3O. The van der Waals surface area contributed by atoms with Crippen molar-refractivity contribution in [1.82, 2.24) is 10.2 Å². The first kappa shape index (κ1) is 13.3. The average Bonchev–Trinajstić information content (AvgIpc) is 2.81. The third-order valence-electron chi connectivity index (χ3n) is 3.30. The van der Waals surface area contributed by atoms with E-state index in [1.54, 1.807) is 0 Å². The van der Waals surface area contributed by atoms with Crippen LogP contribution in [-0.4, -0.2) is 45.2 Å². The van der Waals surface area contributed by atoms with E-state index in [9.17, 15) is 0 Å². The zero-order chi connectivity index (χ0) is 13.0. The second-order valence-corrected chi connectivity index (χ2v) is 5.01. The van der Waals surface area contributed by atoms with Crippen LogP contribution in [0.4, 0.5) is 0 Å². The smallest absolute Gasteiger partial charge is 0.122 e. The van der Waals surface area contributed by atoms with Crippen LogP contribution in [-0.2, 0) is 6.42 Å². The van der Waals surface area contributed by atoms with Crippen LogP contribution in [0.25, 0.3) is 0 Å². The lowest BCUT2D eigenvalue weighted by molar-refractivity contribution is 0.356. The van der Waals surface area contributed by atoms with Gasteiger partial charge in [0.1, 0.15) is 5.75 Å². The zero-order valence-corrected chi connectivity index (χ0v) is 11.3. The molecule has 0 spiro atoms. The quantitative estimate of drug-likeness (QED) is 0.782. The van der Waals surface area contributed by atoms with E-state index in [1.165, 1.54) is 11.1 Å². The highest BCUT2D eigenvalue weighted by atomic mass is 16.5. The molecule has 1 aliphatic heterocycles. The van der Waals surface area contributed by atoms with Crippen LogP contribution in [0.5, 0.6) is 5.75 Å². The van der Waals surface area contributed by atoms with E-state index in [4.69, 9.17) is 10.5 Å². The van der Waals surface area contributed by atoms with Crippen molar-refractivity contribution in [3.63, 3.8) is 0 Å². The summed E-state index contributed by atoms with van der Waals surface area (Å²) in [5.41, 5.74) is 8.43. The van der Waals surface area contributed by atoms with Gasteiger partial charge in [0.05, 0.1) is 6.61 Å². The Balaban J connectivity index is 1.99. The highest BCUT2D eigenvalue weighted by Gasteiger charge is 2.15. The number of hydrogen-bond donors (Lipinski definition) is 2. The second kappa shape index (κ2) is 6.18. The van der Waals surface area contributed by atoms with E-state index in [0.29, 0.717) is 6.54 Å². The molecule has 4 heteroatoms. The second-order valence-electron chi connectivity index (χ2n) is 5.01. The first-order chi connectivity index (χ1) is 8.70. The zero-order valence-electron chi connectivity index (χ0n) is 11.3. The standard InChI is InChI=1S/C14H23N3O/c1-17(2)7-6-16-13(10-15)11-3-4-14-12(9-11)5-8-18-14/h3-4,9,13,16H,5-8,10,15H2,1-2H3. The summed E-state index contributed by atoms with van der Waals surface area (Å²) in [7, 11) is 4.15. The molecule has 0 fully saturated rings. The predicted octanol–water partition coefficient (Wildman–Crippen LogP) is 0.773. The van der Waals surface area contributed by atoms with Crippen molar-refractivity contribution in [2.75, 3.05) is 40.3 Å². The van der Waals surface area contributed by atoms with Crippen LogP contribution in [0.1, 0.15) is 17.2 Å². The van der Waals surface area contributed by atoms with Crippen molar-refractivity contribution in [2.45, 2.75) is 12.5 Å². The lowest BCUT2D eigenvalue weighted by Crippen LogP contribution is -2.33. The Morgan fingerprint density at radius 3 is 3.00 bits per heavy atom. The third kappa shape index (κ3) is 3.22. The Morgan fingerprint density at radius 1 is 1.44 bits per heavy atom. The number of benzene rings is 1. The molecule has 1 heterocycles. The number of hydrogen-bond acceptors (Lipinski definition) is 4. The normalized spacial score (nSPS) is 15.6. The van der Waals surface area contributed by atoms with Crippen LogP contribution in [0.3, 0.4) is 0 Å². The predicted molar refractivity (Wildman–Crippen MR) is 74.0 cm³/mol. The molecule has 0 radical (unpaired) electrons. The van der Waals surface area contributed by atoms with Crippen molar-refractivity contribution in [3.05, 3.63) is 29.3 Å². The molecule has 18 heavy (non-hydrogen) atoms. The fourth-order valence-electron chi connectivity index (χ4n) is 2.22. The molecule has 3 N–H and O–H groups in total. The van der Waals surface area contributed by atoms with Crippen LogP contribution >= 0.6 is 0 Å². The summed E-state index contributed by atoms with van der Waals surface area (Å²) in [6.45, 7) is 3.39. The molecule has 1 unspecified atom stereocenters. The number of likely N-dealkylation sites (N-methyl/N-ethyl adjacent to an activating group) is 1. The Bertz CT molecular complexity index is 393. The fraction of sp³-hybridized carbons (Fsp3) is 0.571. The number of fused-ring (bicyclic) bond motifs is 1. The molecule has 0 amide bonds. The maximum atomic E-state index is 5.86. The average molecular weight is 249 g/mol. The summed E-state index contributed by atoms with van der Waals surface area (Å²) >= 11 is 0. The molecule has 0 aromatic heterocycles. The van der Waals surface area contributed by atoms with Gasteiger partial charge in [-0.15, -0.1) is 0 Å². The molecule has 1 atom stereocenters. The van der Waals surface area contributed by atoms with Gasteiger partial charge < -0.3 is 20.7 Å².